The van der Waals surface area contributed by atoms with Gasteiger partial charge < -0.3 is 4.90 Å². The summed E-state index contributed by atoms with van der Waals surface area (Å²) < 4.78 is 23.5. The Morgan fingerprint density at radius 3 is 2.45 bits per heavy atom. The van der Waals surface area contributed by atoms with Gasteiger partial charge in [-0.2, -0.15) is 0 Å². The fourth-order valence-electron chi connectivity index (χ4n) is 0.547. The first-order valence-electron chi connectivity index (χ1n) is 3.46. The summed E-state index contributed by atoms with van der Waals surface area (Å²) in [4.78, 5) is 1.79. The smallest absolute Gasteiger partial charge is 0.208 e. The standard InChI is InChI=1S/C6H15N2O2S/c1-4-8(2)6-5-7-11(3,9)10/h7H,2,4-6H2,1,3H3/q-1. The maximum absolute atomic E-state index is 10.6. The Kier molecular flexibility index (Phi) is 4.63. The molecule has 0 aliphatic rings. The predicted octanol–water partition coefficient (Wildman–Crippen LogP) is -0.351. The number of likely N-dealkylation sites (N-methyl/N-ethyl adjacent to an activating group) is 1. The van der Waals surface area contributed by atoms with E-state index in [2.05, 4.69) is 11.8 Å². The summed E-state index contributed by atoms with van der Waals surface area (Å²) in [6.07, 6.45) is 1.15. The lowest BCUT2D eigenvalue weighted by Crippen LogP contribution is -2.31. The van der Waals surface area contributed by atoms with Crippen LogP contribution in [0.5, 0.6) is 0 Å². The molecule has 0 aliphatic heterocycles. The average Bonchev–Trinajstić information content (AvgIpc) is 1.85. The van der Waals surface area contributed by atoms with Crippen LogP contribution >= 0.6 is 0 Å². The normalized spacial score (nSPS) is 12.4. The van der Waals surface area contributed by atoms with Gasteiger partial charge in [0.15, 0.2) is 0 Å². The van der Waals surface area contributed by atoms with Crippen LogP contribution in [-0.2, 0) is 10.0 Å². The summed E-state index contributed by atoms with van der Waals surface area (Å²) in [5.74, 6) is 0. The second kappa shape index (κ2) is 4.69. The highest BCUT2D eigenvalue weighted by molar-refractivity contribution is 7.88. The van der Waals surface area contributed by atoms with Crippen LogP contribution in [0, 0.1) is 7.05 Å². The van der Waals surface area contributed by atoms with E-state index < -0.39 is 10.0 Å². The van der Waals surface area contributed by atoms with Crippen molar-refractivity contribution in [2.75, 3.05) is 25.9 Å². The zero-order valence-corrected chi connectivity index (χ0v) is 7.82. The number of hydrogen-bond acceptors (Lipinski definition) is 3. The van der Waals surface area contributed by atoms with Gasteiger partial charge in [0, 0.05) is 6.54 Å². The van der Waals surface area contributed by atoms with Crippen molar-refractivity contribution in [2.45, 2.75) is 6.92 Å². The molecule has 0 amide bonds. The topological polar surface area (TPSA) is 49.4 Å². The van der Waals surface area contributed by atoms with Gasteiger partial charge in [-0.25, -0.2) is 13.1 Å². The third-order valence-corrected chi connectivity index (χ3v) is 1.97. The van der Waals surface area contributed by atoms with Crippen molar-refractivity contribution in [2.24, 2.45) is 0 Å². The predicted molar refractivity (Wildman–Crippen MR) is 45.5 cm³/mol. The molecule has 0 heterocycles. The second-order valence-corrected chi connectivity index (χ2v) is 4.21. The fraction of sp³-hybridized carbons (Fsp3) is 0.833. The van der Waals surface area contributed by atoms with Gasteiger partial charge >= 0.3 is 0 Å². The molecular formula is C6H15N2O2S-. The van der Waals surface area contributed by atoms with Crippen molar-refractivity contribution in [3.63, 3.8) is 0 Å². The van der Waals surface area contributed by atoms with Crippen LogP contribution in [0.4, 0.5) is 0 Å². The SMILES string of the molecule is [CH2-]N(CC)CCNS(C)(=O)=O. The molecule has 0 fully saturated rings. The molecule has 11 heavy (non-hydrogen) atoms. The highest BCUT2D eigenvalue weighted by Crippen LogP contribution is 1.81. The largest absolute Gasteiger partial charge is 0.458 e. The molecule has 0 spiro atoms. The lowest BCUT2D eigenvalue weighted by atomic mass is 10.5. The molecule has 0 saturated heterocycles. The molecule has 0 radical (unpaired) electrons. The Labute approximate surface area is 68.6 Å². The average molecular weight is 179 g/mol. The Morgan fingerprint density at radius 2 is 2.09 bits per heavy atom. The van der Waals surface area contributed by atoms with Crippen molar-refractivity contribution >= 4 is 10.0 Å². The van der Waals surface area contributed by atoms with E-state index in [1.165, 1.54) is 0 Å². The molecule has 5 heteroatoms. The van der Waals surface area contributed by atoms with Crippen molar-refractivity contribution in [3.8, 4) is 0 Å². The summed E-state index contributed by atoms with van der Waals surface area (Å²) in [6.45, 7) is 3.86. The van der Waals surface area contributed by atoms with Gasteiger partial charge in [-0.05, 0) is 13.1 Å². The van der Waals surface area contributed by atoms with Gasteiger partial charge in [0.25, 0.3) is 0 Å². The Morgan fingerprint density at radius 1 is 1.55 bits per heavy atom. The van der Waals surface area contributed by atoms with Crippen LogP contribution < -0.4 is 4.72 Å². The zero-order chi connectivity index (χ0) is 8.91. The number of nitrogens with one attached hydrogen (secondary N) is 1. The summed E-state index contributed by atoms with van der Waals surface area (Å²) in [5.41, 5.74) is 0. The molecule has 0 aromatic rings. The van der Waals surface area contributed by atoms with E-state index in [0.29, 0.717) is 13.1 Å². The third kappa shape index (κ3) is 7.77. The van der Waals surface area contributed by atoms with Crippen molar-refractivity contribution in [3.05, 3.63) is 7.05 Å². The van der Waals surface area contributed by atoms with Crippen LogP contribution in [0.2, 0.25) is 0 Å². The molecule has 0 saturated carbocycles. The third-order valence-electron chi connectivity index (χ3n) is 1.24. The molecule has 4 nitrogen and oxygen atoms in total. The fourth-order valence-corrected chi connectivity index (χ4v) is 1.01. The molecule has 1 N–H and O–H groups in total. The zero-order valence-electron chi connectivity index (χ0n) is 7.00. The minimum atomic E-state index is -3.03. The lowest BCUT2D eigenvalue weighted by molar-refractivity contribution is 0.394. The van der Waals surface area contributed by atoms with Gasteiger partial charge in [0.1, 0.15) is 0 Å². The number of nitrogens with zero attached hydrogens (tertiary/aromatic N) is 1. The summed E-state index contributed by atoms with van der Waals surface area (Å²) in [6, 6.07) is 0. The van der Waals surface area contributed by atoms with E-state index in [-0.39, 0.29) is 0 Å². The summed E-state index contributed by atoms with van der Waals surface area (Å²) in [7, 11) is 0.642. The van der Waals surface area contributed by atoms with Gasteiger partial charge in [0.2, 0.25) is 10.0 Å². The highest BCUT2D eigenvalue weighted by atomic mass is 32.2. The minimum absolute atomic E-state index is 0.427. The van der Waals surface area contributed by atoms with Crippen molar-refractivity contribution < 1.29 is 8.42 Å². The molecule has 0 atom stereocenters. The molecular weight excluding hydrogens is 164 g/mol. The number of rotatable bonds is 5. The van der Waals surface area contributed by atoms with Crippen molar-refractivity contribution in [1.82, 2.24) is 9.62 Å². The molecule has 0 rings (SSSR count). The monoisotopic (exact) mass is 179 g/mol. The number of sulfonamides is 1. The molecule has 0 unspecified atom stereocenters. The van der Waals surface area contributed by atoms with E-state index in [9.17, 15) is 8.42 Å². The van der Waals surface area contributed by atoms with Gasteiger partial charge in [-0.1, -0.05) is 6.92 Å². The first-order valence-corrected chi connectivity index (χ1v) is 5.35. The highest BCUT2D eigenvalue weighted by Gasteiger charge is 1.97. The first kappa shape index (κ1) is 10.9. The van der Waals surface area contributed by atoms with Crippen LogP contribution in [0.25, 0.3) is 0 Å². The van der Waals surface area contributed by atoms with Crippen LogP contribution in [0.15, 0.2) is 0 Å². The van der Waals surface area contributed by atoms with E-state index in [1.807, 2.05) is 6.92 Å². The Balaban J connectivity index is 3.43. The lowest BCUT2D eigenvalue weighted by Gasteiger charge is -2.21. The van der Waals surface area contributed by atoms with E-state index >= 15 is 0 Å². The maximum Gasteiger partial charge on any atom is 0.208 e. The molecule has 0 aliphatic carbocycles. The van der Waals surface area contributed by atoms with Crippen LogP contribution in [0.1, 0.15) is 6.92 Å². The van der Waals surface area contributed by atoms with E-state index in [4.69, 9.17) is 0 Å². The van der Waals surface area contributed by atoms with Gasteiger partial charge in [0.05, 0.1) is 6.26 Å². The second-order valence-electron chi connectivity index (χ2n) is 2.38. The van der Waals surface area contributed by atoms with Crippen LogP contribution in [-0.4, -0.2) is 39.2 Å². The molecule has 0 bridgehead atoms. The maximum atomic E-state index is 10.6. The molecule has 68 valence electrons. The number of hydrogen-bond donors (Lipinski definition) is 1. The van der Waals surface area contributed by atoms with Crippen molar-refractivity contribution in [1.29, 1.82) is 0 Å². The van der Waals surface area contributed by atoms with Gasteiger partial charge in [-0.15, -0.1) is 0 Å². The van der Waals surface area contributed by atoms with E-state index in [0.717, 1.165) is 12.8 Å². The van der Waals surface area contributed by atoms with Gasteiger partial charge in [-0.3, -0.25) is 7.05 Å². The summed E-state index contributed by atoms with van der Waals surface area (Å²) >= 11 is 0. The molecule has 0 aromatic heterocycles. The first-order chi connectivity index (χ1) is 4.95. The Hall–Kier alpha value is -0.130. The summed E-state index contributed by atoms with van der Waals surface area (Å²) in [5, 5.41) is 0. The quantitative estimate of drug-likeness (QED) is 0.587. The van der Waals surface area contributed by atoms with Crippen LogP contribution in [0.3, 0.4) is 0 Å². The molecule has 0 aromatic carbocycles. The minimum Gasteiger partial charge on any atom is -0.458 e. The Bertz CT molecular complexity index is 189. The van der Waals surface area contributed by atoms with E-state index in [1.54, 1.807) is 4.90 Å².